The average molecular weight is 342 g/mol. The highest BCUT2D eigenvalue weighted by molar-refractivity contribution is 6.05. The molecule has 10 nitrogen and oxygen atoms in total. The van der Waals surface area contributed by atoms with Crippen LogP contribution in [-0.4, -0.2) is 37.9 Å². The fourth-order valence-electron chi connectivity index (χ4n) is 2.25. The molecule has 2 aromatic heterocycles. The Morgan fingerprint density at radius 1 is 1.44 bits per heavy atom. The first kappa shape index (κ1) is 16.2. The Morgan fingerprint density at radius 3 is 3.04 bits per heavy atom. The summed E-state index contributed by atoms with van der Waals surface area (Å²) in [6.07, 6.45) is 4.07. The zero-order valence-electron chi connectivity index (χ0n) is 13.2. The number of amides is 1. The molecule has 2 heterocycles. The molecule has 3 aromatic rings. The number of H-pyrrole nitrogens is 1. The number of nitro groups is 1. The van der Waals surface area contributed by atoms with Crippen molar-refractivity contribution in [2.45, 2.75) is 6.54 Å². The molecule has 0 aliphatic carbocycles. The van der Waals surface area contributed by atoms with Gasteiger partial charge in [-0.05, 0) is 17.7 Å². The zero-order chi connectivity index (χ0) is 17.8. The summed E-state index contributed by atoms with van der Waals surface area (Å²) in [5.41, 5.74) is 0.785. The van der Waals surface area contributed by atoms with E-state index in [-0.39, 0.29) is 11.4 Å². The molecule has 0 bridgehead atoms. The molecule has 0 saturated heterocycles. The van der Waals surface area contributed by atoms with Gasteiger partial charge in [0.2, 0.25) is 5.69 Å². The molecule has 0 atom stereocenters. The second-order valence-corrected chi connectivity index (χ2v) is 5.12. The Bertz CT molecular complexity index is 916. The monoisotopic (exact) mass is 342 g/mol. The fourth-order valence-corrected chi connectivity index (χ4v) is 2.25. The summed E-state index contributed by atoms with van der Waals surface area (Å²) in [5, 5.41) is 23.4. The molecule has 1 aromatic carbocycles. The second-order valence-electron chi connectivity index (χ2n) is 5.12. The molecule has 0 aliphatic rings. The lowest BCUT2D eigenvalue weighted by atomic mass is 10.2. The first-order valence-corrected chi connectivity index (χ1v) is 7.21. The Morgan fingerprint density at radius 2 is 2.28 bits per heavy atom. The quantitative estimate of drug-likeness (QED) is 0.519. The highest BCUT2D eigenvalue weighted by atomic mass is 16.6. The minimum atomic E-state index is -0.676. The molecule has 0 radical (unpaired) electrons. The molecule has 128 valence electrons. The van der Waals surface area contributed by atoms with Gasteiger partial charge >= 0.3 is 5.69 Å². The fraction of sp³-hybridized carbons (Fsp3) is 0.133. The summed E-state index contributed by atoms with van der Waals surface area (Å²) >= 11 is 0. The van der Waals surface area contributed by atoms with Crippen LogP contribution in [-0.2, 0) is 6.54 Å². The Balaban J connectivity index is 1.70. The van der Waals surface area contributed by atoms with Gasteiger partial charge in [-0.1, -0.05) is 12.1 Å². The summed E-state index contributed by atoms with van der Waals surface area (Å²) < 4.78 is 6.80. The number of rotatable bonds is 6. The standard InChI is InChI=1S/C15H14N6O4/c1-25-12-4-2-3-10(5-12)8-20-9-11(6-17-20)18-15(22)14-13(21(23)24)7-16-19-14/h2-7,9H,8H2,1H3,(H,16,19)(H,18,22). The molecule has 3 rings (SSSR count). The maximum Gasteiger partial charge on any atom is 0.319 e. The molecule has 0 aliphatic heterocycles. The van der Waals surface area contributed by atoms with Gasteiger partial charge < -0.3 is 10.1 Å². The minimum Gasteiger partial charge on any atom is -0.497 e. The Kier molecular flexibility index (Phi) is 4.42. The van der Waals surface area contributed by atoms with Gasteiger partial charge in [-0.25, -0.2) is 0 Å². The van der Waals surface area contributed by atoms with Crippen molar-refractivity contribution in [1.29, 1.82) is 0 Å². The largest absolute Gasteiger partial charge is 0.497 e. The third-order valence-corrected chi connectivity index (χ3v) is 3.41. The van der Waals surface area contributed by atoms with E-state index in [1.165, 1.54) is 6.20 Å². The van der Waals surface area contributed by atoms with E-state index in [1.807, 2.05) is 24.3 Å². The lowest BCUT2D eigenvalue weighted by Gasteiger charge is -2.04. The van der Waals surface area contributed by atoms with Crippen LogP contribution in [0.25, 0.3) is 0 Å². The van der Waals surface area contributed by atoms with Gasteiger partial charge in [0.05, 0.1) is 30.5 Å². The van der Waals surface area contributed by atoms with Crippen LogP contribution < -0.4 is 10.1 Å². The first-order valence-electron chi connectivity index (χ1n) is 7.21. The van der Waals surface area contributed by atoms with E-state index in [0.717, 1.165) is 17.5 Å². The summed E-state index contributed by atoms with van der Waals surface area (Å²) in [6, 6.07) is 7.53. The van der Waals surface area contributed by atoms with Crippen molar-refractivity contribution < 1.29 is 14.5 Å². The van der Waals surface area contributed by atoms with Crippen LogP contribution >= 0.6 is 0 Å². The van der Waals surface area contributed by atoms with Crippen molar-refractivity contribution in [2.24, 2.45) is 0 Å². The van der Waals surface area contributed by atoms with E-state index in [1.54, 1.807) is 18.0 Å². The van der Waals surface area contributed by atoms with Gasteiger partial charge in [-0.2, -0.15) is 10.2 Å². The topological polar surface area (TPSA) is 128 Å². The number of aromatic nitrogens is 4. The molecule has 0 unspecified atom stereocenters. The number of ether oxygens (including phenoxy) is 1. The van der Waals surface area contributed by atoms with Crippen molar-refractivity contribution in [3.05, 3.63) is 64.2 Å². The smallest absolute Gasteiger partial charge is 0.319 e. The summed E-state index contributed by atoms with van der Waals surface area (Å²) in [7, 11) is 1.59. The predicted molar refractivity (Wildman–Crippen MR) is 87.5 cm³/mol. The number of hydrogen-bond donors (Lipinski definition) is 2. The number of carbonyl (C=O) groups is 1. The van der Waals surface area contributed by atoms with E-state index >= 15 is 0 Å². The zero-order valence-corrected chi connectivity index (χ0v) is 13.2. The number of aromatic amines is 1. The highest BCUT2D eigenvalue weighted by Crippen LogP contribution is 2.17. The van der Waals surface area contributed by atoms with Crippen molar-refractivity contribution in [1.82, 2.24) is 20.0 Å². The predicted octanol–water partition coefficient (Wildman–Crippen LogP) is 1.82. The summed E-state index contributed by atoms with van der Waals surface area (Å²) in [4.78, 5) is 22.3. The van der Waals surface area contributed by atoms with Gasteiger partial charge in [0.15, 0.2) is 0 Å². The molecule has 1 amide bonds. The van der Waals surface area contributed by atoms with Crippen LogP contribution in [0.5, 0.6) is 5.75 Å². The summed E-state index contributed by atoms with van der Waals surface area (Å²) in [6.45, 7) is 0.483. The van der Waals surface area contributed by atoms with Gasteiger partial charge in [0.1, 0.15) is 11.9 Å². The van der Waals surface area contributed by atoms with Gasteiger partial charge in [0, 0.05) is 6.20 Å². The van der Waals surface area contributed by atoms with Crippen LogP contribution in [0.4, 0.5) is 11.4 Å². The van der Waals surface area contributed by atoms with Crippen LogP contribution in [0, 0.1) is 10.1 Å². The molecule has 25 heavy (non-hydrogen) atoms. The molecule has 0 fully saturated rings. The van der Waals surface area contributed by atoms with Gasteiger partial charge in [-0.3, -0.25) is 24.7 Å². The first-order chi connectivity index (χ1) is 12.1. The molecular weight excluding hydrogens is 328 g/mol. The number of hydrogen-bond acceptors (Lipinski definition) is 6. The second kappa shape index (κ2) is 6.83. The van der Waals surface area contributed by atoms with Crippen LogP contribution in [0.3, 0.4) is 0 Å². The number of nitrogens with zero attached hydrogens (tertiary/aromatic N) is 4. The van der Waals surface area contributed by atoms with E-state index in [4.69, 9.17) is 4.74 Å². The van der Waals surface area contributed by atoms with Crippen molar-refractivity contribution in [2.75, 3.05) is 12.4 Å². The van der Waals surface area contributed by atoms with Gasteiger partial charge in [-0.15, -0.1) is 0 Å². The third-order valence-electron chi connectivity index (χ3n) is 3.41. The Labute approximate surface area is 141 Å². The molecule has 0 spiro atoms. The lowest BCUT2D eigenvalue weighted by Crippen LogP contribution is -2.13. The van der Waals surface area contributed by atoms with Crippen molar-refractivity contribution in [3.8, 4) is 5.75 Å². The number of carbonyl (C=O) groups excluding carboxylic acids is 1. The number of nitrogens with one attached hydrogen (secondary N) is 2. The van der Waals surface area contributed by atoms with E-state index < -0.39 is 10.8 Å². The third kappa shape index (κ3) is 3.63. The van der Waals surface area contributed by atoms with Crippen LogP contribution in [0.1, 0.15) is 16.1 Å². The van der Waals surface area contributed by atoms with E-state index in [0.29, 0.717) is 12.2 Å². The number of methoxy groups -OCH3 is 1. The van der Waals surface area contributed by atoms with E-state index in [2.05, 4.69) is 20.6 Å². The maximum atomic E-state index is 12.1. The molecule has 2 N–H and O–H groups in total. The Hall–Kier alpha value is -3.69. The summed E-state index contributed by atoms with van der Waals surface area (Å²) in [5.74, 6) is 0.0786. The molecule has 0 saturated carbocycles. The maximum absolute atomic E-state index is 12.1. The van der Waals surface area contributed by atoms with Crippen molar-refractivity contribution in [3.63, 3.8) is 0 Å². The van der Waals surface area contributed by atoms with Crippen LogP contribution in [0.15, 0.2) is 42.9 Å². The average Bonchev–Trinajstić information content (AvgIpc) is 3.24. The van der Waals surface area contributed by atoms with Gasteiger partial charge in [0.25, 0.3) is 5.91 Å². The van der Waals surface area contributed by atoms with Crippen molar-refractivity contribution >= 4 is 17.3 Å². The molecule has 10 heteroatoms. The normalized spacial score (nSPS) is 10.4. The lowest BCUT2D eigenvalue weighted by molar-refractivity contribution is -0.385. The SMILES string of the molecule is COc1cccc(Cn2cc(NC(=O)c3[nH]ncc3[N+](=O)[O-])cn2)c1. The highest BCUT2D eigenvalue weighted by Gasteiger charge is 2.23. The number of benzene rings is 1. The van der Waals surface area contributed by atoms with E-state index in [9.17, 15) is 14.9 Å². The number of anilines is 1. The minimum absolute atomic E-state index is 0.217. The van der Waals surface area contributed by atoms with Crippen LogP contribution in [0.2, 0.25) is 0 Å². The molecular formula is C15H14N6O4.